The standard InChI is InChI=1S/C14H15NO2S/c1-8-4-5-11(6-9(8)2)7-12-15-10(3)13(18-12)14(16)17/h4-6H,7H2,1-3H3,(H,16,17). The molecule has 0 bridgehead atoms. The van der Waals surface area contributed by atoms with Crippen LogP contribution in [0.15, 0.2) is 18.2 Å². The van der Waals surface area contributed by atoms with E-state index in [-0.39, 0.29) is 0 Å². The fourth-order valence-corrected chi connectivity index (χ4v) is 2.75. The van der Waals surface area contributed by atoms with E-state index in [2.05, 4.69) is 37.0 Å². The topological polar surface area (TPSA) is 50.2 Å². The van der Waals surface area contributed by atoms with Gasteiger partial charge in [-0.25, -0.2) is 9.78 Å². The van der Waals surface area contributed by atoms with E-state index in [1.165, 1.54) is 28.0 Å². The maximum Gasteiger partial charge on any atom is 0.347 e. The number of carboxylic acid groups (broad SMARTS) is 1. The van der Waals surface area contributed by atoms with Crippen molar-refractivity contribution < 1.29 is 9.90 Å². The van der Waals surface area contributed by atoms with Crippen molar-refractivity contribution in [3.63, 3.8) is 0 Å². The Morgan fingerprint density at radius 2 is 2.00 bits per heavy atom. The minimum Gasteiger partial charge on any atom is -0.477 e. The molecule has 4 heteroatoms. The number of hydrogen-bond acceptors (Lipinski definition) is 3. The SMILES string of the molecule is Cc1ccc(Cc2nc(C)c(C(=O)O)s2)cc1C. The number of carbonyl (C=O) groups is 1. The lowest BCUT2D eigenvalue weighted by atomic mass is 10.0. The van der Waals surface area contributed by atoms with Gasteiger partial charge < -0.3 is 5.11 Å². The van der Waals surface area contributed by atoms with Crippen LogP contribution >= 0.6 is 11.3 Å². The zero-order chi connectivity index (χ0) is 13.3. The van der Waals surface area contributed by atoms with Crippen molar-refractivity contribution in [2.45, 2.75) is 27.2 Å². The highest BCUT2D eigenvalue weighted by Crippen LogP contribution is 2.21. The molecule has 1 aromatic carbocycles. The summed E-state index contributed by atoms with van der Waals surface area (Å²) in [6, 6.07) is 6.29. The highest BCUT2D eigenvalue weighted by atomic mass is 32.1. The first-order valence-corrected chi connectivity index (χ1v) is 6.54. The second kappa shape index (κ2) is 4.90. The van der Waals surface area contributed by atoms with E-state index in [0.29, 0.717) is 17.0 Å². The average Bonchev–Trinajstić information content (AvgIpc) is 2.65. The fraction of sp³-hybridized carbons (Fsp3) is 0.286. The zero-order valence-corrected chi connectivity index (χ0v) is 11.5. The predicted octanol–water partition coefficient (Wildman–Crippen LogP) is 3.36. The molecule has 0 aliphatic heterocycles. The molecule has 0 aliphatic carbocycles. The number of hydrogen-bond donors (Lipinski definition) is 1. The monoisotopic (exact) mass is 261 g/mol. The van der Waals surface area contributed by atoms with Crippen LogP contribution in [-0.2, 0) is 6.42 Å². The van der Waals surface area contributed by atoms with Gasteiger partial charge in [0.1, 0.15) is 4.88 Å². The first kappa shape index (κ1) is 12.8. The van der Waals surface area contributed by atoms with Crippen LogP contribution in [0, 0.1) is 20.8 Å². The van der Waals surface area contributed by atoms with Crippen molar-refractivity contribution >= 4 is 17.3 Å². The number of aromatic carboxylic acids is 1. The molecule has 0 spiro atoms. The number of thiazole rings is 1. The van der Waals surface area contributed by atoms with Crippen LogP contribution in [0.4, 0.5) is 0 Å². The smallest absolute Gasteiger partial charge is 0.347 e. The van der Waals surface area contributed by atoms with Crippen LogP contribution in [0.1, 0.15) is 37.1 Å². The van der Waals surface area contributed by atoms with E-state index >= 15 is 0 Å². The Kier molecular flexibility index (Phi) is 3.48. The Morgan fingerprint density at radius 1 is 1.28 bits per heavy atom. The van der Waals surface area contributed by atoms with Crippen LogP contribution in [0.5, 0.6) is 0 Å². The van der Waals surface area contributed by atoms with Crippen molar-refractivity contribution in [3.05, 3.63) is 50.5 Å². The van der Waals surface area contributed by atoms with Crippen molar-refractivity contribution in [1.29, 1.82) is 0 Å². The minimum absolute atomic E-state index is 0.342. The molecule has 0 radical (unpaired) electrons. The number of rotatable bonds is 3. The Hall–Kier alpha value is -1.68. The molecule has 1 aromatic heterocycles. The highest BCUT2D eigenvalue weighted by molar-refractivity contribution is 7.13. The van der Waals surface area contributed by atoms with Gasteiger partial charge in [-0.3, -0.25) is 0 Å². The van der Waals surface area contributed by atoms with Crippen LogP contribution in [0.25, 0.3) is 0 Å². The predicted molar refractivity (Wildman–Crippen MR) is 72.5 cm³/mol. The van der Waals surface area contributed by atoms with Gasteiger partial charge in [-0.15, -0.1) is 11.3 Å². The second-order valence-corrected chi connectivity index (χ2v) is 5.51. The Morgan fingerprint density at radius 3 is 2.56 bits per heavy atom. The van der Waals surface area contributed by atoms with Crippen LogP contribution in [0.3, 0.4) is 0 Å². The summed E-state index contributed by atoms with van der Waals surface area (Å²) in [6.07, 6.45) is 0.694. The van der Waals surface area contributed by atoms with Gasteiger partial charge in [0.15, 0.2) is 0 Å². The van der Waals surface area contributed by atoms with Gasteiger partial charge in [-0.2, -0.15) is 0 Å². The zero-order valence-electron chi connectivity index (χ0n) is 10.7. The highest BCUT2D eigenvalue weighted by Gasteiger charge is 2.14. The summed E-state index contributed by atoms with van der Waals surface area (Å²) in [6.45, 7) is 5.90. The van der Waals surface area contributed by atoms with E-state index in [0.717, 1.165) is 5.01 Å². The van der Waals surface area contributed by atoms with Crippen molar-refractivity contribution in [2.75, 3.05) is 0 Å². The van der Waals surface area contributed by atoms with Gasteiger partial charge in [-0.1, -0.05) is 18.2 Å². The van der Waals surface area contributed by atoms with E-state index in [4.69, 9.17) is 5.11 Å². The molecule has 0 aliphatic rings. The molecule has 0 atom stereocenters. The fourth-order valence-electron chi connectivity index (χ4n) is 1.81. The summed E-state index contributed by atoms with van der Waals surface area (Å²) in [7, 11) is 0. The molecule has 0 unspecified atom stereocenters. The molecule has 2 aromatic rings. The summed E-state index contributed by atoms with van der Waals surface area (Å²) >= 11 is 1.26. The number of aryl methyl sites for hydroxylation is 3. The summed E-state index contributed by atoms with van der Waals surface area (Å²) in [5, 5.41) is 9.85. The normalized spacial score (nSPS) is 10.6. The molecule has 0 fully saturated rings. The van der Waals surface area contributed by atoms with Crippen molar-refractivity contribution in [2.24, 2.45) is 0 Å². The average molecular weight is 261 g/mol. The van der Waals surface area contributed by atoms with E-state index in [1.54, 1.807) is 6.92 Å². The van der Waals surface area contributed by atoms with E-state index < -0.39 is 5.97 Å². The third-order valence-corrected chi connectivity index (χ3v) is 4.11. The Bertz CT molecular complexity index is 602. The third kappa shape index (κ3) is 2.59. The Labute approximate surface area is 110 Å². The van der Waals surface area contributed by atoms with Gasteiger partial charge in [-0.05, 0) is 37.5 Å². The largest absolute Gasteiger partial charge is 0.477 e. The van der Waals surface area contributed by atoms with Gasteiger partial charge >= 0.3 is 5.97 Å². The van der Waals surface area contributed by atoms with Crippen LogP contribution in [-0.4, -0.2) is 16.1 Å². The molecule has 0 saturated heterocycles. The molecular weight excluding hydrogens is 246 g/mol. The summed E-state index contributed by atoms with van der Waals surface area (Å²) in [4.78, 5) is 15.6. The molecule has 18 heavy (non-hydrogen) atoms. The van der Waals surface area contributed by atoms with Gasteiger partial charge in [0.05, 0.1) is 10.7 Å². The van der Waals surface area contributed by atoms with Gasteiger partial charge in [0, 0.05) is 6.42 Å². The van der Waals surface area contributed by atoms with Crippen molar-refractivity contribution in [1.82, 2.24) is 4.98 Å². The van der Waals surface area contributed by atoms with E-state index in [9.17, 15) is 4.79 Å². The Balaban J connectivity index is 2.26. The number of nitrogens with zero attached hydrogens (tertiary/aromatic N) is 1. The maximum absolute atomic E-state index is 11.0. The number of benzene rings is 1. The lowest BCUT2D eigenvalue weighted by Crippen LogP contribution is -1.94. The quantitative estimate of drug-likeness (QED) is 0.921. The summed E-state index contributed by atoms with van der Waals surface area (Å²) < 4.78 is 0. The number of carboxylic acids is 1. The molecule has 0 amide bonds. The number of aromatic nitrogens is 1. The summed E-state index contributed by atoms with van der Waals surface area (Å²) in [5.74, 6) is -0.892. The molecule has 1 heterocycles. The maximum atomic E-state index is 11.0. The molecule has 0 saturated carbocycles. The summed E-state index contributed by atoms with van der Waals surface area (Å²) in [5.41, 5.74) is 4.29. The molecule has 3 nitrogen and oxygen atoms in total. The molecule has 94 valence electrons. The first-order chi connectivity index (χ1) is 8.47. The van der Waals surface area contributed by atoms with Gasteiger partial charge in [0.25, 0.3) is 0 Å². The minimum atomic E-state index is -0.892. The van der Waals surface area contributed by atoms with Gasteiger partial charge in [0.2, 0.25) is 0 Å². The molecule has 1 N–H and O–H groups in total. The van der Waals surface area contributed by atoms with E-state index in [1.807, 2.05) is 0 Å². The van der Waals surface area contributed by atoms with Crippen LogP contribution in [0.2, 0.25) is 0 Å². The second-order valence-electron chi connectivity index (χ2n) is 4.42. The van der Waals surface area contributed by atoms with Crippen molar-refractivity contribution in [3.8, 4) is 0 Å². The molecule has 2 rings (SSSR count). The lowest BCUT2D eigenvalue weighted by molar-refractivity contribution is 0.0701. The van der Waals surface area contributed by atoms with Crippen LogP contribution < -0.4 is 0 Å². The lowest BCUT2D eigenvalue weighted by Gasteiger charge is -2.03. The first-order valence-electron chi connectivity index (χ1n) is 5.73. The third-order valence-electron chi connectivity index (χ3n) is 2.96. The molecular formula is C14H15NO2S.